The molecule has 4 nitrogen and oxygen atoms in total. The van der Waals surface area contributed by atoms with Crippen LogP contribution >= 0.6 is 0 Å². The van der Waals surface area contributed by atoms with Crippen molar-refractivity contribution in [2.75, 3.05) is 0 Å². The summed E-state index contributed by atoms with van der Waals surface area (Å²) >= 11 is 0. The number of rotatable bonds is 4. The molecule has 0 aromatic carbocycles. The molecule has 92 valence electrons. The van der Waals surface area contributed by atoms with Crippen LogP contribution in [0.5, 0.6) is 0 Å². The molecule has 2 rings (SSSR count). The van der Waals surface area contributed by atoms with Crippen LogP contribution in [-0.2, 0) is 9.53 Å². The number of hydrogen-bond acceptors (Lipinski definition) is 3. The lowest BCUT2D eigenvalue weighted by Crippen LogP contribution is -2.50. The number of fused-ring (bicyclic) bond motifs is 2. The predicted octanol–water partition coefficient (Wildman–Crippen LogP) is 0.796. The van der Waals surface area contributed by atoms with E-state index in [-0.39, 0.29) is 30.0 Å². The van der Waals surface area contributed by atoms with Crippen LogP contribution in [-0.4, -0.2) is 30.2 Å². The summed E-state index contributed by atoms with van der Waals surface area (Å²) < 4.78 is 5.70. The minimum atomic E-state index is -0.385. The van der Waals surface area contributed by atoms with Crippen molar-refractivity contribution in [1.29, 1.82) is 0 Å². The minimum Gasteiger partial charge on any atom is -0.373 e. The lowest BCUT2D eigenvalue weighted by molar-refractivity contribution is -0.124. The first-order valence-electron chi connectivity index (χ1n) is 6.33. The molecule has 1 amide bonds. The maximum absolute atomic E-state index is 11.9. The summed E-state index contributed by atoms with van der Waals surface area (Å²) in [6.07, 6.45) is 4.72. The van der Waals surface area contributed by atoms with Gasteiger partial charge in [0.25, 0.3) is 0 Å². The van der Waals surface area contributed by atoms with Crippen LogP contribution in [0, 0.1) is 5.92 Å². The largest absolute Gasteiger partial charge is 0.373 e. The molecule has 0 aromatic rings. The summed E-state index contributed by atoms with van der Waals surface area (Å²) in [5.74, 6) is 0.218. The number of ether oxygens (including phenoxy) is 1. The fourth-order valence-electron chi connectivity index (χ4n) is 2.58. The molecule has 5 atom stereocenters. The minimum absolute atomic E-state index is 0.0181. The first-order chi connectivity index (χ1) is 7.61. The van der Waals surface area contributed by atoms with Crippen molar-refractivity contribution in [2.45, 2.75) is 63.8 Å². The summed E-state index contributed by atoms with van der Waals surface area (Å²) in [5.41, 5.74) is 5.89. The average molecular weight is 226 g/mol. The topological polar surface area (TPSA) is 64.4 Å². The van der Waals surface area contributed by atoms with Crippen LogP contribution in [0.3, 0.4) is 0 Å². The first kappa shape index (κ1) is 11.9. The summed E-state index contributed by atoms with van der Waals surface area (Å²) in [7, 11) is 0. The van der Waals surface area contributed by atoms with Crippen molar-refractivity contribution in [2.24, 2.45) is 11.7 Å². The molecule has 4 heteroatoms. The Hall–Kier alpha value is -0.610. The first-order valence-corrected chi connectivity index (χ1v) is 6.33. The van der Waals surface area contributed by atoms with Gasteiger partial charge in [-0.1, -0.05) is 20.3 Å². The van der Waals surface area contributed by atoms with Crippen LogP contribution in [0.25, 0.3) is 0 Å². The number of carbonyl (C=O) groups is 1. The number of carbonyl (C=O) groups excluding carboxylic acids is 1. The van der Waals surface area contributed by atoms with Crippen molar-refractivity contribution < 1.29 is 9.53 Å². The molecule has 2 saturated heterocycles. The van der Waals surface area contributed by atoms with Crippen LogP contribution < -0.4 is 11.1 Å². The Bertz CT molecular complexity index is 270. The Morgan fingerprint density at radius 1 is 1.56 bits per heavy atom. The zero-order valence-corrected chi connectivity index (χ0v) is 10.1. The molecule has 0 radical (unpaired) electrons. The van der Waals surface area contributed by atoms with Gasteiger partial charge in [-0.25, -0.2) is 0 Å². The SMILES string of the molecule is CC[C@H](C)[C@H](N)C(=O)NC1CC2CCC1O2. The molecule has 2 aliphatic heterocycles. The molecule has 2 heterocycles. The van der Waals surface area contributed by atoms with Crippen molar-refractivity contribution in [3.8, 4) is 0 Å². The zero-order chi connectivity index (χ0) is 11.7. The van der Waals surface area contributed by atoms with E-state index in [1.165, 1.54) is 0 Å². The fourth-order valence-corrected chi connectivity index (χ4v) is 2.58. The van der Waals surface area contributed by atoms with Gasteiger partial charge in [0.15, 0.2) is 0 Å². The normalized spacial score (nSPS) is 36.1. The third-order valence-corrected chi connectivity index (χ3v) is 3.99. The molecule has 2 fully saturated rings. The van der Waals surface area contributed by atoms with Gasteiger partial charge < -0.3 is 15.8 Å². The van der Waals surface area contributed by atoms with Gasteiger partial charge >= 0.3 is 0 Å². The summed E-state index contributed by atoms with van der Waals surface area (Å²) in [4.78, 5) is 11.9. The molecule has 16 heavy (non-hydrogen) atoms. The molecule has 0 aliphatic carbocycles. The third-order valence-electron chi connectivity index (χ3n) is 3.99. The highest BCUT2D eigenvalue weighted by Gasteiger charge is 2.41. The van der Waals surface area contributed by atoms with Gasteiger partial charge in [-0.3, -0.25) is 4.79 Å². The highest BCUT2D eigenvalue weighted by molar-refractivity contribution is 5.82. The Morgan fingerprint density at radius 3 is 2.81 bits per heavy atom. The van der Waals surface area contributed by atoms with E-state index in [1.54, 1.807) is 0 Å². The molecular weight excluding hydrogens is 204 g/mol. The van der Waals surface area contributed by atoms with Gasteiger partial charge in [0.05, 0.1) is 24.3 Å². The van der Waals surface area contributed by atoms with Crippen LogP contribution in [0.4, 0.5) is 0 Å². The van der Waals surface area contributed by atoms with E-state index < -0.39 is 0 Å². The van der Waals surface area contributed by atoms with Gasteiger partial charge in [0, 0.05) is 0 Å². The Balaban J connectivity index is 1.83. The second-order valence-corrected chi connectivity index (χ2v) is 5.14. The van der Waals surface area contributed by atoms with Gasteiger partial charge in [0.2, 0.25) is 5.91 Å². The van der Waals surface area contributed by atoms with E-state index in [9.17, 15) is 4.79 Å². The maximum atomic E-state index is 11.9. The quantitative estimate of drug-likeness (QED) is 0.745. The lowest BCUT2D eigenvalue weighted by Gasteiger charge is -2.24. The van der Waals surface area contributed by atoms with E-state index >= 15 is 0 Å². The van der Waals surface area contributed by atoms with Crippen LogP contribution in [0.1, 0.15) is 39.5 Å². The molecule has 0 aromatic heterocycles. The third kappa shape index (κ3) is 2.23. The van der Waals surface area contributed by atoms with E-state index in [0.717, 1.165) is 25.7 Å². The Morgan fingerprint density at radius 2 is 2.31 bits per heavy atom. The highest BCUT2D eigenvalue weighted by Crippen LogP contribution is 2.34. The van der Waals surface area contributed by atoms with Crippen molar-refractivity contribution in [1.82, 2.24) is 5.32 Å². The monoisotopic (exact) mass is 226 g/mol. The van der Waals surface area contributed by atoms with Crippen molar-refractivity contribution in [3.05, 3.63) is 0 Å². The van der Waals surface area contributed by atoms with Gasteiger partial charge in [-0.05, 0) is 25.2 Å². The zero-order valence-electron chi connectivity index (χ0n) is 10.1. The summed E-state index contributed by atoms with van der Waals surface area (Å²) in [6.45, 7) is 4.07. The molecular formula is C12H22N2O2. The van der Waals surface area contributed by atoms with E-state index in [0.29, 0.717) is 6.10 Å². The molecule has 0 spiro atoms. The Labute approximate surface area is 96.9 Å². The molecule has 2 aliphatic rings. The lowest BCUT2D eigenvalue weighted by atomic mass is 9.94. The van der Waals surface area contributed by atoms with Crippen molar-refractivity contribution in [3.63, 3.8) is 0 Å². The fraction of sp³-hybridized carbons (Fsp3) is 0.917. The van der Waals surface area contributed by atoms with Gasteiger partial charge in [-0.2, -0.15) is 0 Å². The molecule has 3 unspecified atom stereocenters. The predicted molar refractivity (Wildman–Crippen MR) is 61.9 cm³/mol. The second kappa shape index (κ2) is 4.72. The van der Waals surface area contributed by atoms with Gasteiger partial charge in [-0.15, -0.1) is 0 Å². The van der Waals surface area contributed by atoms with Crippen molar-refractivity contribution >= 4 is 5.91 Å². The van der Waals surface area contributed by atoms with E-state index in [4.69, 9.17) is 10.5 Å². The average Bonchev–Trinajstić information content (AvgIpc) is 2.88. The standard InChI is InChI=1S/C12H22N2O2/c1-3-7(2)11(13)12(15)14-9-6-8-4-5-10(9)16-8/h7-11H,3-6,13H2,1-2H3,(H,14,15)/t7-,8?,9?,10?,11-/m0/s1. The molecule has 0 saturated carbocycles. The number of nitrogens with one attached hydrogen (secondary N) is 1. The summed E-state index contributed by atoms with van der Waals surface area (Å²) in [6, 6.07) is -0.189. The van der Waals surface area contributed by atoms with Crippen LogP contribution in [0.15, 0.2) is 0 Å². The number of hydrogen-bond donors (Lipinski definition) is 2. The highest BCUT2D eigenvalue weighted by atomic mass is 16.5. The van der Waals surface area contributed by atoms with Gasteiger partial charge in [0.1, 0.15) is 0 Å². The van der Waals surface area contributed by atoms with Crippen LogP contribution in [0.2, 0.25) is 0 Å². The summed E-state index contributed by atoms with van der Waals surface area (Å²) in [5, 5.41) is 3.04. The second-order valence-electron chi connectivity index (χ2n) is 5.14. The number of nitrogens with two attached hydrogens (primary N) is 1. The van der Waals surface area contributed by atoms with E-state index in [1.807, 2.05) is 6.92 Å². The smallest absolute Gasteiger partial charge is 0.237 e. The number of amides is 1. The molecule has 2 bridgehead atoms. The maximum Gasteiger partial charge on any atom is 0.237 e. The molecule has 3 N–H and O–H groups in total. The Kier molecular flexibility index (Phi) is 3.50. The van der Waals surface area contributed by atoms with E-state index in [2.05, 4.69) is 12.2 Å².